The zero-order valence-corrected chi connectivity index (χ0v) is 23.5. The second-order valence-corrected chi connectivity index (χ2v) is 11.0. The van der Waals surface area contributed by atoms with Gasteiger partial charge in [0.15, 0.2) is 17.4 Å². The first kappa shape index (κ1) is 32.3. The molecule has 1 aliphatic rings. The van der Waals surface area contributed by atoms with Crippen LogP contribution in [0.2, 0.25) is 0 Å². The molecule has 0 radical (unpaired) electrons. The minimum absolute atomic E-state index is 0.0705. The van der Waals surface area contributed by atoms with Gasteiger partial charge in [0.2, 0.25) is 0 Å². The highest BCUT2D eigenvalue weighted by Crippen LogP contribution is 2.38. The maximum Gasteiger partial charge on any atom is 0.439 e. The van der Waals surface area contributed by atoms with Gasteiger partial charge in [0.1, 0.15) is 17.4 Å². The topological polar surface area (TPSA) is 93.5 Å². The van der Waals surface area contributed by atoms with Gasteiger partial charge >= 0.3 is 24.7 Å². The van der Waals surface area contributed by atoms with Gasteiger partial charge in [-0.15, -0.1) is 11.3 Å². The number of thiazole rings is 1. The van der Waals surface area contributed by atoms with E-state index in [0.717, 1.165) is 35.6 Å². The van der Waals surface area contributed by atoms with E-state index >= 15 is 4.39 Å². The van der Waals surface area contributed by atoms with Crippen LogP contribution in [0.5, 0.6) is 11.5 Å². The molecule has 0 atom stereocenters. The van der Waals surface area contributed by atoms with Crippen LogP contribution in [0.15, 0.2) is 45.7 Å². The number of hydrogen-bond acceptors (Lipinski definition) is 8. The van der Waals surface area contributed by atoms with Gasteiger partial charge in [-0.05, 0) is 44.1 Å². The maximum atomic E-state index is 15.1. The molecule has 0 aliphatic carbocycles. The maximum absolute atomic E-state index is 15.1. The molecule has 4 aromatic rings. The molecule has 2 aromatic carbocycles. The van der Waals surface area contributed by atoms with E-state index < -0.39 is 60.1 Å². The Bertz CT molecular complexity index is 1680. The third kappa shape index (κ3) is 7.78. The summed E-state index contributed by atoms with van der Waals surface area (Å²) in [5.74, 6) is -5.06. The Balaban J connectivity index is 1.42. The number of rotatable bonds is 9. The van der Waals surface area contributed by atoms with E-state index in [0.29, 0.717) is 16.1 Å². The number of nitrogens with one attached hydrogen (secondary N) is 1. The number of alkyl halides is 8. The van der Waals surface area contributed by atoms with Crippen molar-refractivity contribution < 1.29 is 53.5 Å². The molecule has 5 rings (SSSR count). The van der Waals surface area contributed by atoms with Crippen molar-refractivity contribution in [2.24, 2.45) is 5.92 Å². The molecule has 1 N–H and O–H groups in total. The number of hydrogen-bond donors (Lipinski definition) is 1. The third-order valence-electron chi connectivity index (χ3n) is 6.97. The molecule has 0 amide bonds. The Labute approximate surface area is 251 Å². The Hall–Kier alpha value is -4.06. The number of likely N-dealkylation sites (tertiary alicyclic amines) is 1. The lowest BCUT2D eigenvalue weighted by molar-refractivity contribution is -0.185. The molecule has 0 saturated carbocycles. The van der Waals surface area contributed by atoms with Crippen LogP contribution in [-0.2, 0) is 19.3 Å². The quantitative estimate of drug-likeness (QED) is 0.188. The van der Waals surface area contributed by atoms with Gasteiger partial charge in [0.05, 0.1) is 27.6 Å². The standard InChI is InChI=1S/C27H21F9N4O4S/c28-17-9-16(22-38-25(41)44-39-22)19(43-24(29)30)10-20(17)42-12-21-18(11-40-7-5-15(6-8-40)27(34,35)36)37-23(45-21)13-1-3-14(4-2-13)26(31,32)33/h1-4,9-10,15,24H,5-8,11-12H2,(H,38,39,41). The predicted octanol–water partition coefficient (Wildman–Crippen LogP) is 7.27. The first-order chi connectivity index (χ1) is 21.2. The lowest BCUT2D eigenvalue weighted by Gasteiger charge is -2.32. The van der Waals surface area contributed by atoms with Crippen molar-refractivity contribution in [2.45, 2.75) is 45.0 Å². The van der Waals surface area contributed by atoms with Crippen molar-refractivity contribution in [3.05, 3.63) is 68.9 Å². The van der Waals surface area contributed by atoms with Crippen molar-refractivity contribution in [1.82, 2.24) is 20.0 Å². The van der Waals surface area contributed by atoms with Gasteiger partial charge in [-0.25, -0.2) is 14.2 Å². The summed E-state index contributed by atoms with van der Waals surface area (Å²) in [7, 11) is 0. The van der Waals surface area contributed by atoms with Crippen LogP contribution in [0, 0.1) is 11.7 Å². The molecule has 18 heteroatoms. The summed E-state index contributed by atoms with van der Waals surface area (Å²) >= 11 is 1.00. The molecule has 0 spiro atoms. The fourth-order valence-corrected chi connectivity index (χ4v) is 5.68. The average molecular weight is 669 g/mol. The van der Waals surface area contributed by atoms with Crippen LogP contribution in [0.1, 0.15) is 29.0 Å². The molecule has 3 heterocycles. The molecule has 1 saturated heterocycles. The second-order valence-electron chi connectivity index (χ2n) is 9.95. The van der Waals surface area contributed by atoms with Crippen LogP contribution in [0.25, 0.3) is 22.0 Å². The zero-order valence-electron chi connectivity index (χ0n) is 22.6. The molecule has 0 bridgehead atoms. The highest BCUT2D eigenvalue weighted by atomic mass is 32.1. The third-order valence-corrected chi connectivity index (χ3v) is 8.09. The van der Waals surface area contributed by atoms with Gasteiger partial charge in [-0.3, -0.25) is 14.4 Å². The molecule has 1 aliphatic heterocycles. The number of H-pyrrole nitrogens is 1. The Morgan fingerprint density at radius 1 is 1.04 bits per heavy atom. The van der Waals surface area contributed by atoms with E-state index in [-0.39, 0.29) is 48.9 Å². The Morgan fingerprint density at radius 2 is 1.73 bits per heavy atom. The van der Waals surface area contributed by atoms with E-state index in [9.17, 15) is 39.9 Å². The average Bonchev–Trinajstić information content (AvgIpc) is 3.58. The van der Waals surface area contributed by atoms with Gasteiger partial charge in [-0.1, -0.05) is 17.3 Å². The molecule has 8 nitrogen and oxygen atoms in total. The van der Waals surface area contributed by atoms with E-state index in [2.05, 4.69) is 24.4 Å². The predicted molar refractivity (Wildman–Crippen MR) is 140 cm³/mol. The number of ether oxygens (including phenoxy) is 2. The van der Waals surface area contributed by atoms with Crippen molar-refractivity contribution in [2.75, 3.05) is 13.1 Å². The summed E-state index contributed by atoms with van der Waals surface area (Å²) in [6.45, 7) is -3.46. The van der Waals surface area contributed by atoms with Crippen molar-refractivity contribution in [1.29, 1.82) is 0 Å². The number of aromatic amines is 1. The minimum Gasteiger partial charge on any atom is -0.485 e. The molecule has 45 heavy (non-hydrogen) atoms. The van der Waals surface area contributed by atoms with Crippen LogP contribution in [-0.4, -0.2) is 45.9 Å². The number of aromatic nitrogens is 3. The summed E-state index contributed by atoms with van der Waals surface area (Å²) in [5, 5.41) is 3.62. The fraction of sp³-hybridized carbons (Fsp3) is 0.370. The summed E-state index contributed by atoms with van der Waals surface area (Å²) < 4.78 is 134. The minimum atomic E-state index is -4.57. The number of piperidine rings is 1. The Morgan fingerprint density at radius 3 is 2.31 bits per heavy atom. The van der Waals surface area contributed by atoms with E-state index in [1.165, 1.54) is 12.1 Å². The van der Waals surface area contributed by atoms with Crippen LogP contribution < -0.4 is 15.2 Å². The second kappa shape index (κ2) is 12.7. The molecular formula is C27H21F9N4O4S. The highest BCUT2D eigenvalue weighted by Gasteiger charge is 2.41. The normalized spacial score (nSPS) is 15.2. The number of benzene rings is 2. The molecule has 0 unspecified atom stereocenters. The first-order valence-corrected chi connectivity index (χ1v) is 13.9. The van der Waals surface area contributed by atoms with Gasteiger partial charge < -0.3 is 9.47 Å². The summed E-state index contributed by atoms with van der Waals surface area (Å²) in [6.07, 6.45) is -9.15. The monoisotopic (exact) mass is 668 g/mol. The summed E-state index contributed by atoms with van der Waals surface area (Å²) in [4.78, 5) is 20.0. The molecule has 242 valence electrons. The summed E-state index contributed by atoms with van der Waals surface area (Å²) in [5.41, 5.74) is -0.589. The SMILES string of the molecule is O=c1[nH]c(-c2cc(F)c(OCc3sc(-c4ccc(C(F)(F)F)cc4)nc3CN3CCC(C(F)(F)F)CC3)cc2OC(F)F)no1. The molecular weight excluding hydrogens is 647 g/mol. The lowest BCUT2D eigenvalue weighted by Crippen LogP contribution is -2.38. The van der Waals surface area contributed by atoms with Crippen molar-refractivity contribution in [3.8, 4) is 33.5 Å². The number of halogens is 9. The van der Waals surface area contributed by atoms with Crippen LogP contribution >= 0.6 is 11.3 Å². The van der Waals surface area contributed by atoms with Crippen LogP contribution in [0.3, 0.4) is 0 Å². The Kier molecular flexibility index (Phi) is 9.16. The zero-order chi connectivity index (χ0) is 32.5. The smallest absolute Gasteiger partial charge is 0.439 e. The van der Waals surface area contributed by atoms with Crippen LogP contribution in [0.4, 0.5) is 39.5 Å². The number of nitrogens with zero attached hydrogens (tertiary/aromatic N) is 3. The van der Waals surface area contributed by atoms with Gasteiger partial charge in [0, 0.05) is 18.2 Å². The van der Waals surface area contributed by atoms with Crippen molar-refractivity contribution in [3.63, 3.8) is 0 Å². The lowest BCUT2D eigenvalue weighted by atomic mass is 9.96. The largest absolute Gasteiger partial charge is 0.485 e. The van der Waals surface area contributed by atoms with E-state index in [1.807, 2.05) is 0 Å². The molecule has 2 aromatic heterocycles. The summed E-state index contributed by atoms with van der Waals surface area (Å²) in [6, 6.07) is 5.71. The van der Waals surface area contributed by atoms with E-state index in [1.54, 1.807) is 4.90 Å². The first-order valence-electron chi connectivity index (χ1n) is 13.1. The van der Waals surface area contributed by atoms with Gasteiger partial charge in [0.25, 0.3) is 0 Å². The van der Waals surface area contributed by atoms with Gasteiger partial charge in [-0.2, -0.15) is 35.1 Å². The fourth-order valence-electron chi connectivity index (χ4n) is 4.69. The molecule has 1 fully saturated rings. The highest BCUT2D eigenvalue weighted by molar-refractivity contribution is 7.15. The van der Waals surface area contributed by atoms with E-state index in [4.69, 9.17) is 4.74 Å². The van der Waals surface area contributed by atoms with Crippen molar-refractivity contribution >= 4 is 11.3 Å².